The van der Waals surface area contributed by atoms with Gasteiger partial charge in [0.15, 0.2) is 0 Å². The lowest BCUT2D eigenvalue weighted by Crippen LogP contribution is -2.51. The predicted octanol–water partition coefficient (Wildman–Crippen LogP) is -5.97. The van der Waals surface area contributed by atoms with E-state index in [0.29, 0.717) is 0 Å². The number of rotatable bonds is 25. The molecule has 0 aromatic rings. The Morgan fingerprint density at radius 3 is 0.776 bits per heavy atom. The molecule has 2 aliphatic heterocycles. The molecule has 10 N–H and O–H groups in total. The highest BCUT2D eigenvalue weighted by molar-refractivity contribution is 5.71. The zero-order valence-corrected chi connectivity index (χ0v) is 37.9. The van der Waals surface area contributed by atoms with Crippen molar-refractivity contribution >= 4 is 47.9 Å². The standard InChI is InChI=1S/C39H70N10O18/c50-30(19-40-1-5-42(23-32(52)53)9-11-44(25-34(56)57)12-10-43(6-2-40)24-33(54)55)21-47(28-37(62)63)13-14-48(29-38(64)65)22-31(51)20-41-3-7-45(26-35(58)59)15-17-49(39(66)67)18-16-46(8-4-41)27-36(60)61/h30-31,50-51H,1-29H2,(H,52,53)(H,54,55)(H,56,57)(H,58,59)(H,60,61)(H,62,63)(H,64,65)(H,66,67). The minimum atomic E-state index is -1.24. The summed E-state index contributed by atoms with van der Waals surface area (Å²) in [5.74, 6) is -8.07. The average molecular weight is 967 g/mol. The van der Waals surface area contributed by atoms with E-state index in [9.17, 15) is 89.4 Å². The third-order valence-electron chi connectivity index (χ3n) is 11.2. The molecule has 0 aromatic heterocycles. The Balaban J connectivity index is 2.20. The van der Waals surface area contributed by atoms with Gasteiger partial charge in [0, 0.05) is 144 Å². The third kappa shape index (κ3) is 27.5. The number of carboxylic acids is 7. The molecule has 0 radical (unpaired) electrons. The van der Waals surface area contributed by atoms with Crippen molar-refractivity contribution in [1.29, 1.82) is 0 Å². The lowest BCUT2D eigenvalue weighted by atomic mass is 10.2. The molecule has 2 fully saturated rings. The molecule has 2 heterocycles. The van der Waals surface area contributed by atoms with Gasteiger partial charge in [0.2, 0.25) is 0 Å². The summed E-state index contributed by atoms with van der Waals surface area (Å²) in [6.07, 6.45) is -3.64. The van der Waals surface area contributed by atoms with Crippen molar-refractivity contribution < 1.29 is 89.4 Å². The van der Waals surface area contributed by atoms with E-state index in [-0.39, 0.29) is 164 Å². The van der Waals surface area contributed by atoms with Gasteiger partial charge in [-0.3, -0.25) is 77.7 Å². The van der Waals surface area contributed by atoms with Crippen molar-refractivity contribution in [2.45, 2.75) is 12.2 Å². The van der Waals surface area contributed by atoms with E-state index in [2.05, 4.69) is 0 Å². The second-order valence-electron chi connectivity index (χ2n) is 16.8. The van der Waals surface area contributed by atoms with Gasteiger partial charge in [-0.05, 0) is 0 Å². The molecule has 0 spiro atoms. The van der Waals surface area contributed by atoms with Crippen LogP contribution in [0.15, 0.2) is 0 Å². The van der Waals surface area contributed by atoms with Gasteiger partial charge < -0.3 is 56.0 Å². The maximum Gasteiger partial charge on any atom is 0.407 e. The molecule has 0 saturated carbocycles. The Hall–Kier alpha value is -4.88. The Bertz CT molecular complexity index is 1540. The fraction of sp³-hybridized carbons (Fsp3) is 0.795. The molecule has 28 nitrogen and oxygen atoms in total. The van der Waals surface area contributed by atoms with E-state index < -0.39 is 86.3 Å². The van der Waals surface area contributed by atoms with E-state index in [1.165, 1.54) is 19.6 Å². The quantitative estimate of drug-likeness (QED) is 0.0407. The molecule has 67 heavy (non-hydrogen) atoms. The normalized spacial score (nSPS) is 19.4. The Morgan fingerprint density at radius 2 is 0.567 bits per heavy atom. The highest BCUT2D eigenvalue weighted by Gasteiger charge is 2.26. The maximum atomic E-state index is 12.0. The van der Waals surface area contributed by atoms with Gasteiger partial charge in [0.05, 0.1) is 58.0 Å². The van der Waals surface area contributed by atoms with Gasteiger partial charge in [-0.1, -0.05) is 0 Å². The van der Waals surface area contributed by atoms with Crippen LogP contribution in [0.25, 0.3) is 0 Å². The zero-order valence-electron chi connectivity index (χ0n) is 37.9. The monoisotopic (exact) mass is 966 g/mol. The third-order valence-corrected chi connectivity index (χ3v) is 11.2. The molecule has 2 rings (SSSR count). The van der Waals surface area contributed by atoms with Crippen LogP contribution < -0.4 is 0 Å². The molecule has 1 amide bonds. The second kappa shape index (κ2) is 31.2. The molecule has 2 unspecified atom stereocenters. The fourth-order valence-corrected chi connectivity index (χ4v) is 7.86. The summed E-state index contributed by atoms with van der Waals surface area (Å²) >= 11 is 0. The number of aliphatic hydroxyl groups excluding tert-OH is 2. The number of carbonyl (C=O) groups is 8. The van der Waals surface area contributed by atoms with Gasteiger partial charge in [0.1, 0.15) is 0 Å². The number of hydrogen-bond donors (Lipinski definition) is 10. The lowest BCUT2D eigenvalue weighted by molar-refractivity contribution is -0.141. The van der Waals surface area contributed by atoms with E-state index in [0.717, 1.165) is 4.90 Å². The number of hydrogen-bond acceptors (Lipinski definition) is 19. The van der Waals surface area contributed by atoms with Gasteiger partial charge in [-0.15, -0.1) is 0 Å². The first-order chi connectivity index (χ1) is 31.6. The van der Waals surface area contributed by atoms with E-state index in [1.807, 2.05) is 0 Å². The van der Waals surface area contributed by atoms with Crippen LogP contribution in [-0.4, -0.2) is 350 Å². The smallest absolute Gasteiger partial charge is 0.407 e. The van der Waals surface area contributed by atoms with Gasteiger partial charge in [0.25, 0.3) is 0 Å². The summed E-state index contributed by atoms with van der Waals surface area (Å²) in [6, 6.07) is 0. The van der Waals surface area contributed by atoms with Crippen LogP contribution in [0.4, 0.5) is 4.79 Å². The molecule has 0 aliphatic carbocycles. The Morgan fingerprint density at radius 1 is 0.343 bits per heavy atom. The summed E-state index contributed by atoms with van der Waals surface area (Å²) in [5, 5.41) is 99.3. The van der Waals surface area contributed by atoms with Crippen LogP contribution in [0, 0.1) is 0 Å². The van der Waals surface area contributed by atoms with Crippen molar-refractivity contribution in [3.63, 3.8) is 0 Å². The van der Waals surface area contributed by atoms with Crippen LogP contribution in [0.3, 0.4) is 0 Å². The largest absolute Gasteiger partial charge is 0.480 e. The maximum absolute atomic E-state index is 12.0. The molecule has 0 bridgehead atoms. The summed E-state index contributed by atoms with van der Waals surface area (Å²) in [6.45, 7) is -1.31. The Kier molecular flexibility index (Phi) is 27.1. The topological polar surface area (TPSA) is 371 Å². The molecule has 2 atom stereocenters. The Labute approximate surface area is 387 Å². The fourth-order valence-electron chi connectivity index (χ4n) is 7.86. The molecule has 28 heteroatoms. The van der Waals surface area contributed by atoms with Gasteiger partial charge >= 0.3 is 47.9 Å². The lowest BCUT2D eigenvalue weighted by Gasteiger charge is -2.35. The van der Waals surface area contributed by atoms with Crippen LogP contribution >= 0.6 is 0 Å². The van der Waals surface area contributed by atoms with Crippen LogP contribution in [0.1, 0.15) is 0 Å². The van der Waals surface area contributed by atoms with Crippen molar-refractivity contribution in [2.75, 3.05) is 190 Å². The molecule has 0 aromatic carbocycles. The molecule has 2 saturated heterocycles. The minimum absolute atomic E-state index is 0.0387. The first-order valence-corrected chi connectivity index (χ1v) is 21.9. The number of aliphatic carboxylic acids is 7. The van der Waals surface area contributed by atoms with Crippen molar-refractivity contribution in [2.24, 2.45) is 0 Å². The predicted molar refractivity (Wildman–Crippen MR) is 233 cm³/mol. The summed E-state index contributed by atoms with van der Waals surface area (Å²) in [5.41, 5.74) is 0. The van der Waals surface area contributed by atoms with E-state index in [1.54, 1.807) is 24.5 Å². The minimum Gasteiger partial charge on any atom is -0.480 e. The highest BCUT2D eigenvalue weighted by atomic mass is 16.4. The highest BCUT2D eigenvalue weighted by Crippen LogP contribution is 2.07. The SMILES string of the molecule is O=C(O)CN1CCN(CC(=O)O)CCN(CC(O)CN(CCN(CC(=O)O)CC(O)CN2CCN(CC(=O)O)CCN(C(=O)O)CCN(CC(=O)O)CC2)CC(=O)O)CCN(CC(=O)O)CC1. The molecule has 384 valence electrons. The van der Waals surface area contributed by atoms with Crippen LogP contribution in [0.5, 0.6) is 0 Å². The van der Waals surface area contributed by atoms with Crippen LogP contribution in [0.2, 0.25) is 0 Å². The van der Waals surface area contributed by atoms with Gasteiger partial charge in [-0.25, -0.2) is 4.79 Å². The summed E-state index contributed by atoms with van der Waals surface area (Å²) in [7, 11) is 0. The number of amides is 1. The number of nitrogens with zero attached hydrogens (tertiary/aromatic N) is 10. The summed E-state index contributed by atoms with van der Waals surface area (Å²) < 4.78 is 0. The van der Waals surface area contributed by atoms with Crippen LogP contribution in [-0.2, 0) is 33.6 Å². The first-order valence-electron chi connectivity index (χ1n) is 21.9. The number of β-amino-alcohol motifs (C(OH)–C–C–N with tert-alkyl or cyclic N) is 2. The average Bonchev–Trinajstić information content (AvgIpc) is 3.19. The van der Waals surface area contributed by atoms with Crippen molar-refractivity contribution in [3.05, 3.63) is 0 Å². The molecular weight excluding hydrogens is 896 g/mol. The number of carboxylic acid groups (broad SMARTS) is 8. The second-order valence-corrected chi connectivity index (χ2v) is 16.8. The van der Waals surface area contributed by atoms with E-state index >= 15 is 0 Å². The molecular formula is C39H70N10O18. The zero-order chi connectivity index (χ0) is 50.1. The van der Waals surface area contributed by atoms with Crippen molar-refractivity contribution in [1.82, 2.24) is 49.0 Å². The summed E-state index contributed by atoms with van der Waals surface area (Å²) in [4.78, 5) is 109. The first kappa shape index (κ1) is 58.2. The van der Waals surface area contributed by atoms with Gasteiger partial charge in [-0.2, -0.15) is 0 Å². The van der Waals surface area contributed by atoms with Crippen molar-refractivity contribution in [3.8, 4) is 0 Å². The molecule has 2 aliphatic rings. The number of aliphatic hydroxyl groups is 2. The van der Waals surface area contributed by atoms with E-state index in [4.69, 9.17) is 0 Å².